The number of hydrogen-bond acceptors (Lipinski definition) is 3. The molecule has 1 heterocycles. The van der Waals surface area contributed by atoms with Crippen molar-refractivity contribution in [2.45, 2.75) is 32.3 Å². The standard InChI is InChI=1S/C10H20N2O2/c1-8(10(11)12)6-13-7-9-4-2-3-5-14-9/h8-9H,2-7H2,1H3,(H3,11,12). The molecule has 1 rings (SSSR count). The fourth-order valence-electron chi connectivity index (χ4n) is 1.40. The molecule has 4 nitrogen and oxygen atoms in total. The fourth-order valence-corrected chi connectivity index (χ4v) is 1.40. The smallest absolute Gasteiger partial charge is 0.0957 e. The van der Waals surface area contributed by atoms with Gasteiger partial charge in [-0.05, 0) is 19.3 Å². The van der Waals surface area contributed by atoms with E-state index in [1.807, 2.05) is 6.92 Å². The molecule has 1 fully saturated rings. The van der Waals surface area contributed by atoms with E-state index in [4.69, 9.17) is 20.6 Å². The highest BCUT2D eigenvalue weighted by molar-refractivity contribution is 5.79. The minimum Gasteiger partial charge on any atom is -0.387 e. The van der Waals surface area contributed by atoms with E-state index in [0.29, 0.717) is 13.2 Å². The molecule has 0 aliphatic carbocycles. The van der Waals surface area contributed by atoms with Gasteiger partial charge in [-0.15, -0.1) is 0 Å². The normalized spacial score (nSPS) is 24.5. The summed E-state index contributed by atoms with van der Waals surface area (Å²) in [5, 5.41) is 7.19. The van der Waals surface area contributed by atoms with Gasteiger partial charge in [0.2, 0.25) is 0 Å². The van der Waals surface area contributed by atoms with Crippen LogP contribution < -0.4 is 5.73 Å². The molecule has 2 unspecified atom stereocenters. The van der Waals surface area contributed by atoms with Crippen LogP contribution >= 0.6 is 0 Å². The number of ether oxygens (including phenoxy) is 2. The zero-order chi connectivity index (χ0) is 10.4. The van der Waals surface area contributed by atoms with Gasteiger partial charge in [0.15, 0.2) is 0 Å². The lowest BCUT2D eigenvalue weighted by Crippen LogP contribution is -2.28. The Morgan fingerprint density at radius 3 is 3.00 bits per heavy atom. The van der Waals surface area contributed by atoms with Crippen molar-refractivity contribution >= 4 is 5.84 Å². The van der Waals surface area contributed by atoms with Gasteiger partial charge < -0.3 is 15.2 Å². The molecule has 0 bridgehead atoms. The molecule has 2 atom stereocenters. The zero-order valence-corrected chi connectivity index (χ0v) is 8.79. The Hall–Kier alpha value is -0.610. The molecule has 82 valence electrons. The minimum atomic E-state index is 0.0126. The Morgan fingerprint density at radius 2 is 2.43 bits per heavy atom. The maximum absolute atomic E-state index is 7.19. The Balaban J connectivity index is 2.05. The lowest BCUT2D eigenvalue weighted by Gasteiger charge is -2.22. The number of nitrogens with two attached hydrogens (primary N) is 1. The predicted molar refractivity (Wildman–Crippen MR) is 55.5 cm³/mol. The second kappa shape index (κ2) is 5.98. The maximum Gasteiger partial charge on any atom is 0.0957 e. The fraction of sp³-hybridized carbons (Fsp3) is 0.900. The summed E-state index contributed by atoms with van der Waals surface area (Å²) in [6.07, 6.45) is 3.74. The summed E-state index contributed by atoms with van der Waals surface area (Å²) in [5.74, 6) is 0.202. The molecular weight excluding hydrogens is 180 g/mol. The molecule has 0 saturated carbocycles. The van der Waals surface area contributed by atoms with E-state index < -0.39 is 0 Å². The highest BCUT2D eigenvalue weighted by atomic mass is 16.5. The lowest BCUT2D eigenvalue weighted by molar-refractivity contribution is -0.0430. The molecule has 0 radical (unpaired) electrons. The van der Waals surface area contributed by atoms with Crippen molar-refractivity contribution in [2.75, 3.05) is 19.8 Å². The second-order valence-electron chi connectivity index (χ2n) is 3.88. The van der Waals surface area contributed by atoms with Crippen LogP contribution in [0.3, 0.4) is 0 Å². The van der Waals surface area contributed by atoms with Crippen molar-refractivity contribution < 1.29 is 9.47 Å². The van der Waals surface area contributed by atoms with Crippen molar-refractivity contribution in [1.82, 2.24) is 0 Å². The summed E-state index contributed by atoms with van der Waals surface area (Å²) < 4.78 is 11.0. The van der Waals surface area contributed by atoms with Gasteiger partial charge >= 0.3 is 0 Å². The molecule has 4 heteroatoms. The Morgan fingerprint density at radius 1 is 1.64 bits per heavy atom. The topological polar surface area (TPSA) is 68.3 Å². The SMILES string of the molecule is CC(COCC1CCCCO1)C(=N)N. The lowest BCUT2D eigenvalue weighted by atomic mass is 10.1. The average Bonchev–Trinajstić information content (AvgIpc) is 2.19. The van der Waals surface area contributed by atoms with Crippen molar-refractivity contribution in [3.63, 3.8) is 0 Å². The first-order valence-electron chi connectivity index (χ1n) is 5.23. The molecule has 1 aliphatic heterocycles. The zero-order valence-electron chi connectivity index (χ0n) is 8.79. The Bertz CT molecular complexity index is 179. The molecular formula is C10H20N2O2. The van der Waals surface area contributed by atoms with E-state index in [1.54, 1.807) is 0 Å². The third-order valence-corrected chi connectivity index (χ3v) is 2.48. The summed E-state index contributed by atoms with van der Waals surface area (Å²) >= 11 is 0. The largest absolute Gasteiger partial charge is 0.387 e. The molecule has 0 amide bonds. The van der Waals surface area contributed by atoms with Crippen LogP contribution in [0, 0.1) is 11.3 Å². The van der Waals surface area contributed by atoms with E-state index in [0.717, 1.165) is 13.0 Å². The molecule has 0 aromatic heterocycles. The van der Waals surface area contributed by atoms with Crippen LogP contribution in [0.25, 0.3) is 0 Å². The van der Waals surface area contributed by atoms with Crippen LogP contribution in [-0.4, -0.2) is 31.8 Å². The van der Waals surface area contributed by atoms with Crippen LogP contribution in [0.2, 0.25) is 0 Å². The molecule has 14 heavy (non-hydrogen) atoms. The first kappa shape index (κ1) is 11.5. The molecule has 0 aromatic rings. The molecule has 3 N–H and O–H groups in total. The van der Waals surface area contributed by atoms with E-state index in [1.165, 1.54) is 12.8 Å². The van der Waals surface area contributed by atoms with Crippen molar-refractivity contribution in [3.05, 3.63) is 0 Å². The van der Waals surface area contributed by atoms with Gasteiger partial charge in [-0.2, -0.15) is 0 Å². The maximum atomic E-state index is 7.19. The summed E-state index contributed by atoms with van der Waals surface area (Å²) in [6.45, 7) is 3.91. The van der Waals surface area contributed by atoms with Crippen LogP contribution in [0.15, 0.2) is 0 Å². The molecule has 1 saturated heterocycles. The van der Waals surface area contributed by atoms with Crippen LogP contribution in [0.4, 0.5) is 0 Å². The van der Waals surface area contributed by atoms with E-state index in [9.17, 15) is 0 Å². The Kier molecular flexibility index (Phi) is 4.90. The third-order valence-electron chi connectivity index (χ3n) is 2.48. The number of amidine groups is 1. The van der Waals surface area contributed by atoms with Gasteiger partial charge in [0, 0.05) is 12.5 Å². The molecule has 1 aliphatic rings. The monoisotopic (exact) mass is 200 g/mol. The summed E-state index contributed by atoms with van der Waals surface area (Å²) in [5.41, 5.74) is 5.33. The predicted octanol–water partition coefficient (Wildman–Crippen LogP) is 1.14. The first-order valence-corrected chi connectivity index (χ1v) is 5.23. The number of rotatable bonds is 5. The van der Waals surface area contributed by atoms with Crippen LogP contribution in [0.1, 0.15) is 26.2 Å². The van der Waals surface area contributed by atoms with Crippen LogP contribution in [0.5, 0.6) is 0 Å². The van der Waals surface area contributed by atoms with Gasteiger partial charge in [0.05, 0.1) is 25.2 Å². The quantitative estimate of drug-likeness (QED) is 0.516. The van der Waals surface area contributed by atoms with Crippen molar-refractivity contribution in [2.24, 2.45) is 11.7 Å². The molecule has 0 aromatic carbocycles. The Labute approximate surface area is 85.3 Å². The van der Waals surface area contributed by atoms with E-state index in [2.05, 4.69) is 0 Å². The van der Waals surface area contributed by atoms with Crippen LogP contribution in [-0.2, 0) is 9.47 Å². The molecule has 0 spiro atoms. The average molecular weight is 200 g/mol. The number of nitrogens with one attached hydrogen (secondary N) is 1. The van der Waals surface area contributed by atoms with Gasteiger partial charge in [-0.3, -0.25) is 5.41 Å². The van der Waals surface area contributed by atoms with Gasteiger partial charge in [0.25, 0.3) is 0 Å². The summed E-state index contributed by atoms with van der Waals surface area (Å²) in [6, 6.07) is 0. The minimum absolute atomic E-state index is 0.0126. The van der Waals surface area contributed by atoms with Crippen molar-refractivity contribution in [3.8, 4) is 0 Å². The van der Waals surface area contributed by atoms with Crippen molar-refractivity contribution in [1.29, 1.82) is 5.41 Å². The van der Waals surface area contributed by atoms with Gasteiger partial charge in [-0.25, -0.2) is 0 Å². The highest BCUT2D eigenvalue weighted by Crippen LogP contribution is 2.12. The third kappa shape index (κ3) is 4.07. The van der Waals surface area contributed by atoms with E-state index >= 15 is 0 Å². The highest BCUT2D eigenvalue weighted by Gasteiger charge is 2.14. The van der Waals surface area contributed by atoms with Gasteiger partial charge in [-0.1, -0.05) is 6.92 Å². The number of hydrogen-bond donors (Lipinski definition) is 2. The summed E-state index contributed by atoms with van der Waals surface area (Å²) in [4.78, 5) is 0. The summed E-state index contributed by atoms with van der Waals surface area (Å²) in [7, 11) is 0. The van der Waals surface area contributed by atoms with Gasteiger partial charge in [0.1, 0.15) is 0 Å². The van der Waals surface area contributed by atoms with E-state index in [-0.39, 0.29) is 17.9 Å². The first-order chi connectivity index (χ1) is 6.70. The second-order valence-corrected chi connectivity index (χ2v) is 3.88.